The Labute approximate surface area is 109 Å². The molecular weight excluding hydrogens is 315 g/mol. The Hall–Kier alpha value is -0.780. The van der Waals surface area contributed by atoms with Crippen LogP contribution in [-0.4, -0.2) is 23.5 Å². The van der Waals surface area contributed by atoms with E-state index in [4.69, 9.17) is 0 Å². The second-order valence-electron chi connectivity index (χ2n) is 3.99. The minimum atomic E-state index is 0.0749. The lowest BCUT2D eigenvalue weighted by atomic mass is 10.3. The number of rotatable bonds is 3. The maximum atomic E-state index is 11.6. The SMILES string of the molecule is C[C@@H](Nc1ccccc1I)N1CCCC1=O. The number of nitrogens with one attached hydrogen (secondary N) is 1. The van der Waals surface area contributed by atoms with Crippen molar-refractivity contribution in [2.75, 3.05) is 11.9 Å². The van der Waals surface area contributed by atoms with E-state index in [0.29, 0.717) is 6.42 Å². The van der Waals surface area contributed by atoms with E-state index in [1.807, 2.05) is 30.0 Å². The number of hydrogen-bond donors (Lipinski definition) is 1. The number of halogens is 1. The Bertz CT molecular complexity index is 394. The van der Waals surface area contributed by atoms with Gasteiger partial charge in [0.05, 0.1) is 6.17 Å². The van der Waals surface area contributed by atoms with E-state index in [1.165, 1.54) is 3.57 Å². The Balaban J connectivity index is 2.04. The molecule has 0 aliphatic carbocycles. The molecular formula is C12H15IN2O. The van der Waals surface area contributed by atoms with Crippen LogP contribution in [-0.2, 0) is 4.79 Å². The van der Waals surface area contributed by atoms with Crippen LogP contribution >= 0.6 is 22.6 Å². The van der Waals surface area contributed by atoms with Crippen LogP contribution in [0.2, 0.25) is 0 Å². The summed E-state index contributed by atoms with van der Waals surface area (Å²) < 4.78 is 1.18. The lowest BCUT2D eigenvalue weighted by molar-refractivity contribution is -0.128. The molecule has 1 aromatic carbocycles. The van der Waals surface area contributed by atoms with Gasteiger partial charge in [-0.1, -0.05) is 12.1 Å². The van der Waals surface area contributed by atoms with Gasteiger partial charge in [0.2, 0.25) is 5.91 Å². The number of amides is 1. The molecule has 1 saturated heterocycles. The normalized spacial score (nSPS) is 17.6. The maximum absolute atomic E-state index is 11.6. The Morgan fingerprint density at radius 1 is 1.44 bits per heavy atom. The molecule has 4 heteroatoms. The van der Waals surface area contributed by atoms with Gasteiger partial charge >= 0.3 is 0 Å². The highest BCUT2D eigenvalue weighted by atomic mass is 127. The van der Waals surface area contributed by atoms with E-state index in [9.17, 15) is 4.79 Å². The third kappa shape index (κ3) is 2.48. The van der Waals surface area contributed by atoms with Gasteiger partial charge in [-0.2, -0.15) is 0 Å². The Kier molecular flexibility index (Phi) is 3.68. The van der Waals surface area contributed by atoms with Crippen LogP contribution in [0.1, 0.15) is 19.8 Å². The summed E-state index contributed by atoms with van der Waals surface area (Å²) in [4.78, 5) is 13.5. The molecule has 1 amide bonds. The highest BCUT2D eigenvalue weighted by Gasteiger charge is 2.24. The predicted octanol–water partition coefficient (Wildman–Crippen LogP) is 2.67. The number of hydrogen-bond acceptors (Lipinski definition) is 2. The van der Waals surface area contributed by atoms with Crippen LogP contribution in [0.3, 0.4) is 0 Å². The van der Waals surface area contributed by atoms with Crippen molar-refractivity contribution in [3.8, 4) is 0 Å². The minimum absolute atomic E-state index is 0.0749. The van der Waals surface area contributed by atoms with E-state index >= 15 is 0 Å². The van der Waals surface area contributed by atoms with Crippen molar-refractivity contribution in [2.24, 2.45) is 0 Å². The summed E-state index contributed by atoms with van der Waals surface area (Å²) in [5, 5.41) is 3.38. The largest absolute Gasteiger partial charge is 0.364 e. The smallest absolute Gasteiger partial charge is 0.224 e. The molecule has 0 aromatic heterocycles. The highest BCUT2D eigenvalue weighted by molar-refractivity contribution is 14.1. The molecule has 0 bridgehead atoms. The monoisotopic (exact) mass is 330 g/mol. The van der Waals surface area contributed by atoms with E-state index in [2.05, 4.69) is 34.0 Å². The first-order chi connectivity index (χ1) is 7.68. The number of para-hydroxylation sites is 1. The number of carbonyl (C=O) groups excluding carboxylic acids is 1. The van der Waals surface area contributed by atoms with Gasteiger partial charge in [0.25, 0.3) is 0 Å². The van der Waals surface area contributed by atoms with Gasteiger partial charge in [-0.05, 0) is 48.1 Å². The predicted molar refractivity (Wildman–Crippen MR) is 73.2 cm³/mol. The summed E-state index contributed by atoms with van der Waals surface area (Å²) in [6, 6.07) is 8.11. The molecule has 0 unspecified atom stereocenters. The van der Waals surface area contributed by atoms with Crippen molar-refractivity contribution in [1.82, 2.24) is 4.90 Å². The van der Waals surface area contributed by atoms with Gasteiger partial charge in [-0.25, -0.2) is 0 Å². The topological polar surface area (TPSA) is 32.3 Å². The molecule has 16 heavy (non-hydrogen) atoms. The molecule has 1 aromatic rings. The van der Waals surface area contributed by atoms with Crippen molar-refractivity contribution in [2.45, 2.75) is 25.9 Å². The summed E-state index contributed by atoms with van der Waals surface area (Å²) in [6.07, 6.45) is 1.75. The number of likely N-dealkylation sites (tertiary alicyclic amines) is 1. The summed E-state index contributed by atoms with van der Waals surface area (Å²) in [5.74, 6) is 0.255. The molecule has 0 radical (unpaired) electrons. The Morgan fingerprint density at radius 2 is 2.19 bits per heavy atom. The van der Waals surface area contributed by atoms with Gasteiger partial charge in [-0.15, -0.1) is 0 Å². The van der Waals surface area contributed by atoms with Crippen molar-refractivity contribution >= 4 is 34.2 Å². The zero-order valence-electron chi connectivity index (χ0n) is 9.24. The number of carbonyl (C=O) groups is 1. The van der Waals surface area contributed by atoms with Gasteiger partial charge in [0.1, 0.15) is 0 Å². The number of nitrogens with zero attached hydrogens (tertiary/aromatic N) is 1. The molecule has 1 N–H and O–H groups in total. The van der Waals surface area contributed by atoms with Crippen LogP contribution in [0.4, 0.5) is 5.69 Å². The summed E-state index contributed by atoms with van der Waals surface area (Å²) in [6.45, 7) is 2.91. The van der Waals surface area contributed by atoms with Crippen LogP contribution < -0.4 is 5.32 Å². The molecule has 1 aliphatic heterocycles. The molecule has 3 nitrogen and oxygen atoms in total. The quantitative estimate of drug-likeness (QED) is 0.865. The maximum Gasteiger partial charge on any atom is 0.224 e. The zero-order valence-corrected chi connectivity index (χ0v) is 11.4. The summed E-state index contributed by atoms with van der Waals surface area (Å²) in [5.41, 5.74) is 1.09. The molecule has 2 rings (SSSR count). The number of anilines is 1. The van der Waals surface area contributed by atoms with Gasteiger partial charge < -0.3 is 10.2 Å². The van der Waals surface area contributed by atoms with Crippen molar-refractivity contribution in [3.63, 3.8) is 0 Å². The molecule has 0 spiro atoms. The average Bonchev–Trinajstić information content (AvgIpc) is 2.68. The third-order valence-corrected chi connectivity index (χ3v) is 3.76. The summed E-state index contributed by atoms with van der Waals surface area (Å²) >= 11 is 2.30. The van der Waals surface area contributed by atoms with E-state index in [-0.39, 0.29) is 12.1 Å². The highest BCUT2D eigenvalue weighted by Crippen LogP contribution is 2.20. The van der Waals surface area contributed by atoms with Crippen molar-refractivity contribution in [1.29, 1.82) is 0 Å². The van der Waals surface area contributed by atoms with Gasteiger partial charge in [-0.3, -0.25) is 4.79 Å². The van der Waals surface area contributed by atoms with Crippen LogP contribution in [0.15, 0.2) is 24.3 Å². The molecule has 1 atom stereocenters. The fraction of sp³-hybridized carbons (Fsp3) is 0.417. The molecule has 1 heterocycles. The standard InChI is InChI=1S/C12H15IN2O/c1-9(15-8-4-7-12(15)16)14-11-6-3-2-5-10(11)13/h2-3,5-6,9,14H,4,7-8H2,1H3/t9-/m0/s1. The zero-order chi connectivity index (χ0) is 11.5. The summed E-state index contributed by atoms with van der Waals surface area (Å²) in [7, 11) is 0. The first-order valence-corrected chi connectivity index (χ1v) is 6.57. The fourth-order valence-corrected chi connectivity index (χ4v) is 2.50. The van der Waals surface area contributed by atoms with Crippen LogP contribution in [0.25, 0.3) is 0 Å². The van der Waals surface area contributed by atoms with E-state index in [1.54, 1.807) is 0 Å². The van der Waals surface area contributed by atoms with Gasteiger partial charge in [0.15, 0.2) is 0 Å². The first-order valence-electron chi connectivity index (χ1n) is 5.49. The lowest BCUT2D eigenvalue weighted by Crippen LogP contribution is -2.39. The van der Waals surface area contributed by atoms with Crippen LogP contribution in [0, 0.1) is 3.57 Å². The Morgan fingerprint density at radius 3 is 2.81 bits per heavy atom. The lowest BCUT2D eigenvalue weighted by Gasteiger charge is -2.26. The fourth-order valence-electron chi connectivity index (χ4n) is 1.96. The van der Waals surface area contributed by atoms with Gasteiger partial charge in [0, 0.05) is 22.2 Å². The first kappa shape index (κ1) is 11.7. The number of benzene rings is 1. The third-order valence-electron chi connectivity index (χ3n) is 2.82. The van der Waals surface area contributed by atoms with E-state index < -0.39 is 0 Å². The molecule has 1 aliphatic rings. The average molecular weight is 330 g/mol. The van der Waals surface area contributed by atoms with Crippen LogP contribution in [0.5, 0.6) is 0 Å². The second kappa shape index (κ2) is 5.03. The van der Waals surface area contributed by atoms with Crippen molar-refractivity contribution < 1.29 is 4.79 Å². The van der Waals surface area contributed by atoms with Crippen molar-refractivity contribution in [3.05, 3.63) is 27.8 Å². The molecule has 0 saturated carbocycles. The molecule has 1 fully saturated rings. The molecule has 86 valence electrons. The minimum Gasteiger partial charge on any atom is -0.364 e. The second-order valence-corrected chi connectivity index (χ2v) is 5.15. The van der Waals surface area contributed by atoms with E-state index in [0.717, 1.165) is 18.7 Å².